The lowest BCUT2D eigenvalue weighted by Gasteiger charge is -2.51. The summed E-state index contributed by atoms with van der Waals surface area (Å²) < 4.78 is 11.0. The van der Waals surface area contributed by atoms with Gasteiger partial charge in [-0.25, -0.2) is 0 Å². The van der Waals surface area contributed by atoms with Crippen LogP contribution in [0.2, 0.25) is 0 Å². The van der Waals surface area contributed by atoms with Crippen molar-refractivity contribution < 1.29 is 19.4 Å². The van der Waals surface area contributed by atoms with Crippen molar-refractivity contribution in [3.63, 3.8) is 0 Å². The van der Waals surface area contributed by atoms with Gasteiger partial charge in [-0.3, -0.25) is 9.69 Å². The maximum Gasteiger partial charge on any atom is 0.306 e. The molecular weight excluding hydrogens is 342 g/mol. The summed E-state index contributed by atoms with van der Waals surface area (Å²) >= 11 is 0. The van der Waals surface area contributed by atoms with Crippen molar-refractivity contribution in [2.45, 2.75) is 44.6 Å². The Hall–Kier alpha value is -1.46. The van der Waals surface area contributed by atoms with E-state index in [4.69, 9.17) is 9.47 Å². The molecule has 5 nitrogen and oxygen atoms in total. The fourth-order valence-electron chi connectivity index (χ4n) is 4.59. The van der Waals surface area contributed by atoms with E-state index in [1.165, 1.54) is 11.1 Å². The Kier molecular flexibility index (Phi) is 6.22. The number of halogens is 1. The highest BCUT2D eigenvalue weighted by atomic mass is 35.5. The molecule has 1 aromatic rings. The molecule has 0 aromatic heterocycles. The summed E-state index contributed by atoms with van der Waals surface area (Å²) in [7, 11) is 3.33. The lowest BCUT2D eigenvalue weighted by Crippen LogP contribution is -2.52. The SMILES string of the molecule is CCN1CCc2cc(OC)c(OC)cc2C12CCC(C(=O)O)CC2.Cl. The van der Waals surface area contributed by atoms with Crippen molar-refractivity contribution in [1.82, 2.24) is 4.90 Å². The van der Waals surface area contributed by atoms with Gasteiger partial charge in [-0.15, -0.1) is 12.4 Å². The van der Waals surface area contributed by atoms with Gasteiger partial charge in [-0.05, 0) is 61.9 Å². The molecule has 1 aliphatic heterocycles. The van der Waals surface area contributed by atoms with E-state index in [9.17, 15) is 9.90 Å². The Bertz CT molecular complexity index is 626. The van der Waals surface area contributed by atoms with Crippen LogP contribution in [-0.4, -0.2) is 43.3 Å². The molecule has 1 aromatic carbocycles. The summed E-state index contributed by atoms with van der Waals surface area (Å²) in [4.78, 5) is 13.9. The molecule has 25 heavy (non-hydrogen) atoms. The van der Waals surface area contributed by atoms with Gasteiger partial charge < -0.3 is 14.6 Å². The maximum absolute atomic E-state index is 11.4. The first-order valence-electron chi connectivity index (χ1n) is 8.79. The molecule has 1 aliphatic carbocycles. The number of carbonyl (C=O) groups is 1. The van der Waals surface area contributed by atoms with Crippen LogP contribution in [0.1, 0.15) is 43.7 Å². The average Bonchev–Trinajstić information content (AvgIpc) is 2.61. The molecule has 1 saturated carbocycles. The average molecular weight is 370 g/mol. The number of carboxylic acids is 1. The largest absolute Gasteiger partial charge is 0.493 e. The summed E-state index contributed by atoms with van der Waals surface area (Å²) in [5.41, 5.74) is 2.55. The Morgan fingerprint density at radius 3 is 2.36 bits per heavy atom. The van der Waals surface area contributed by atoms with E-state index in [2.05, 4.69) is 24.0 Å². The number of carboxylic acid groups (broad SMARTS) is 1. The van der Waals surface area contributed by atoms with Crippen LogP contribution < -0.4 is 9.47 Å². The molecule has 0 unspecified atom stereocenters. The number of ether oxygens (including phenoxy) is 2. The van der Waals surface area contributed by atoms with Gasteiger partial charge in [0, 0.05) is 12.1 Å². The second-order valence-electron chi connectivity index (χ2n) is 6.84. The number of benzene rings is 1. The smallest absolute Gasteiger partial charge is 0.306 e. The molecule has 3 rings (SSSR count). The predicted molar refractivity (Wildman–Crippen MR) is 99.0 cm³/mol. The first kappa shape index (κ1) is 19.9. The molecule has 140 valence electrons. The van der Waals surface area contributed by atoms with Crippen LogP contribution in [0.4, 0.5) is 0 Å². The van der Waals surface area contributed by atoms with Gasteiger partial charge in [0.05, 0.1) is 20.1 Å². The third-order valence-corrected chi connectivity index (χ3v) is 5.91. The Morgan fingerprint density at radius 2 is 1.84 bits per heavy atom. The van der Waals surface area contributed by atoms with Gasteiger partial charge in [-0.1, -0.05) is 6.92 Å². The zero-order chi connectivity index (χ0) is 17.3. The highest BCUT2D eigenvalue weighted by Gasteiger charge is 2.46. The molecule has 1 N–H and O–H groups in total. The number of nitrogens with zero attached hydrogens (tertiary/aromatic N) is 1. The summed E-state index contributed by atoms with van der Waals surface area (Å²) in [5.74, 6) is 0.667. The van der Waals surface area contributed by atoms with Crippen LogP contribution in [0.5, 0.6) is 11.5 Å². The van der Waals surface area contributed by atoms with Gasteiger partial charge in [-0.2, -0.15) is 0 Å². The molecule has 1 spiro atoms. The minimum absolute atomic E-state index is 0. The summed E-state index contributed by atoms with van der Waals surface area (Å²) in [5, 5.41) is 9.34. The topological polar surface area (TPSA) is 59.0 Å². The summed E-state index contributed by atoms with van der Waals surface area (Å²) in [6, 6.07) is 4.23. The fraction of sp³-hybridized carbons (Fsp3) is 0.632. The Morgan fingerprint density at radius 1 is 1.24 bits per heavy atom. The first-order valence-corrected chi connectivity index (χ1v) is 8.79. The van der Waals surface area contributed by atoms with Crippen molar-refractivity contribution in [3.8, 4) is 11.5 Å². The standard InChI is InChI=1S/C19H27NO4.ClH/c1-4-20-10-7-14-11-16(23-2)17(24-3)12-15(14)19(20)8-5-13(6-9-19)18(21)22;/h11-13H,4-10H2,1-3H3,(H,21,22);1H. The number of hydrogen-bond donors (Lipinski definition) is 1. The van der Waals surface area contributed by atoms with Crippen LogP contribution in [-0.2, 0) is 16.8 Å². The molecule has 6 heteroatoms. The third kappa shape index (κ3) is 3.32. The number of rotatable bonds is 4. The van der Waals surface area contributed by atoms with Crippen LogP contribution in [0.3, 0.4) is 0 Å². The van der Waals surface area contributed by atoms with Crippen molar-refractivity contribution in [2.24, 2.45) is 5.92 Å². The number of methoxy groups -OCH3 is 2. The lowest BCUT2D eigenvalue weighted by molar-refractivity contribution is -0.144. The second kappa shape index (κ2) is 7.83. The van der Waals surface area contributed by atoms with Gasteiger partial charge in [0.1, 0.15) is 0 Å². The predicted octanol–water partition coefficient (Wildman–Crippen LogP) is 3.47. The fourth-order valence-corrected chi connectivity index (χ4v) is 4.59. The van der Waals surface area contributed by atoms with Gasteiger partial charge in [0.2, 0.25) is 0 Å². The highest BCUT2D eigenvalue weighted by Crippen LogP contribution is 2.49. The zero-order valence-corrected chi connectivity index (χ0v) is 16.0. The van der Waals surface area contributed by atoms with Gasteiger partial charge in [0.25, 0.3) is 0 Å². The molecule has 0 atom stereocenters. The van der Waals surface area contributed by atoms with Crippen LogP contribution in [0.25, 0.3) is 0 Å². The third-order valence-electron chi connectivity index (χ3n) is 5.91. The Labute approximate surface area is 155 Å². The molecule has 0 bridgehead atoms. The van der Waals surface area contributed by atoms with E-state index >= 15 is 0 Å². The van der Waals surface area contributed by atoms with E-state index in [0.717, 1.165) is 56.7 Å². The number of hydrogen-bond acceptors (Lipinski definition) is 4. The second-order valence-corrected chi connectivity index (χ2v) is 6.84. The van der Waals surface area contributed by atoms with Crippen molar-refractivity contribution >= 4 is 18.4 Å². The molecule has 0 radical (unpaired) electrons. The molecule has 1 heterocycles. The molecular formula is C19H28ClNO4. The minimum Gasteiger partial charge on any atom is -0.493 e. The quantitative estimate of drug-likeness (QED) is 0.880. The Balaban J connectivity index is 0.00000225. The van der Waals surface area contributed by atoms with E-state index in [-0.39, 0.29) is 23.9 Å². The normalized spacial score (nSPS) is 25.8. The van der Waals surface area contributed by atoms with E-state index in [0.29, 0.717) is 0 Å². The van der Waals surface area contributed by atoms with Crippen molar-refractivity contribution in [3.05, 3.63) is 23.3 Å². The maximum atomic E-state index is 11.4. The molecule has 0 saturated heterocycles. The lowest BCUT2D eigenvalue weighted by atomic mass is 9.68. The van der Waals surface area contributed by atoms with Gasteiger partial charge >= 0.3 is 5.97 Å². The van der Waals surface area contributed by atoms with Crippen molar-refractivity contribution in [2.75, 3.05) is 27.3 Å². The minimum atomic E-state index is -0.656. The van der Waals surface area contributed by atoms with Crippen LogP contribution >= 0.6 is 12.4 Å². The van der Waals surface area contributed by atoms with E-state index in [1.54, 1.807) is 14.2 Å². The number of likely N-dealkylation sites (N-methyl/N-ethyl adjacent to an activating group) is 1. The number of fused-ring (bicyclic) bond motifs is 2. The van der Waals surface area contributed by atoms with E-state index in [1.807, 2.05) is 0 Å². The summed E-state index contributed by atoms with van der Waals surface area (Å²) in [6.07, 6.45) is 4.24. The molecule has 0 amide bonds. The molecule has 1 fully saturated rings. The summed E-state index contributed by atoms with van der Waals surface area (Å²) in [6.45, 7) is 4.18. The van der Waals surface area contributed by atoms with Crippen LogP contribution in [0.15, 0.2) is 12.1 Å². The highest BCUT2D eigenvalue weighted by molar-refractivity contribution is 5.85. The monoisotopic (exact) mass is 369 g/mol. The van der Waals surface area contributed by atoms with Gasteiger partial charge in [0.15, 0.2) is 11.5 Å². The van der Waals surface area contributed by atoms with E-state index < -0.39 is 5.97 Å². The van der Waals surface area contributed by atoms with Crippen LogP contribution in [0, 0.1) is 5.92 Å². The number of aliphatic carboxylic acids is 1. The molecule has 2 aliphatic rings. The van der Waals surface area contributed by atoms with Crippen molar-refractivity contribution in [1.29, 1.82) is 0 Å². The first-order chi connectivity index (χ1) is 11.6. The zero-order valence-electron chi connectivity index (χ0n) is 15.2.